The summed E-state index contributed by atoms with van der Waals surface area (Å²) >= 11 is 5.84. The van der Waals surface area contributed by atoms with Gasteiger partial charge in [0, 0.05) is 55.6 Å². The average Bonchev–Trinajstić information content (AvgIpc) is 2.90. The first-order valence-electron chi connectivity index (χ1n) is 12.1. The van der Waals surface area contributed by atoms with Crippen molar-refractivity contribution in [1.29, 1.82) is 0 Å². The van der Waals surface area contributed by atoms with Crippen LogP contribution in [0.2, 0.25) is 5.02 Å². The number of anilines is 2. The van der Waals surface area contributed by atoms with E-state index in [0.29, 0.717) is 22.9 Å². The van der Waals surface area contributed by atoms with Gasteiger partial charge >= 0.3 is 0 Å². The maximum absolute atomic E-state index is 14.0. The van der Waals surface area contributed by atoms with Crippen LogP contribution in [-0.4, -0.2) is 41.1 Å². The Labute approximate surface area is 215 Å². The predicted octanol–water partition coefficient (Wildman–Crippen LogP) is 5.89. The lowest BCUT2D eigenvalue weighted by atomic mass is 10.0. The monoisotopic (exact) mass is 502 g/mol. The third kappa shape index (κ3) is 5.48. The van der Waals surface area contributed by atoms with E-state index in [1.54, 1.807) is 6.07 Å². The Hall–Kier alpha value is -3.55. The van der Waals surface area contributed by atoms with E-state index in [2.05, 4.69) is 68.8 Å². The Morgan fingerprint density at radius 2 is 1.78 bits per heavy atom. The zero-order valence-electron chi connectivity index (χ0n) is 20.3. The van der Waals surface area contributed by atoms with Gasteiger partial charge in [-0.15, -0.1) is 0 Å². The zero-order valence-corrected chi connectivity index (χ0v) is 21.1. The minimum Gasteiger partial charge on any atom is -0.363 e. The van der Waals surface area contributed by atoms with Gasteiger partial charge in [-0.3, -0.25) is 0 Å². The molecule has 4 aromatic rings. The van der Waals surface area contributed by atoms with Crippen LogP contribution >= 0.6 is 11.6 Å². The number of rotatable bonds is 6. The molecule has 36 heavy (non-hydrogen) atoms. The Balaban J connectivity index is 1.33. The summed E-state index contributed by atoms with van der Waals surface area (Å²) in [4.78, 5) is 16.0. The number of piperazine rings is 1. The SMILES string of the molecule is Cc1nc(NC(C)c2cccc(-c3ccc(N4CCNCC4)nc3)c2)cc(-c2ccc(Cl)c(F)c2)n1. The van der Waals surface area contributed by atoms with E-state index < -0.39 is 5.82 Å². The summed E-state index contributed by atoms with van der Waals surface area (Å²) in [5, 5.41) is 6.93. The fourth-order valence-electron chi connectivity index (χ4n) is 4.38. The Morgan fingerprint density at radius 1 is 0.972 bits per heavy atom. The van der Waals surface area contributed by atoms with Crippen molar-refractivity contribution in [3.63, 3.8) is 0 Å². The number of halogens is 2. The molecule has 0 spiro atoms. The van der Waals surface area contributed by atoms with E-state index >= 15 is 0 Å². The van der Waals surface area contributed by atoms with Gasteiger partial charge in [0.1, 0.15) is 23.3 Å². The third-order valence-corrected chi connectivity index (χ3v) is 6.63. The normalized spacial score (nSPS) is 14.5. The predicted molar refractivity (Wildman–Crippen MR) is 144 cm³/mol. The first-order chi connectivity index (χ1) is 17.5. The second-order valence-corrected chi connectivity index (χ2v) is 9.36. The molecule has 1 fully saturated rings. The lowest BCUT2D eigenvalue weighted by molar-refractivity contribution is 0.585. The molecular formula is C28H28ClFN6. The van der Waals surface area contributed by atoms with Crippen LogP contribution in [0.4, 0.5) is 16.0 Å². The summed E-state index contributed by atoms with van der Waals surface area (Å²) in [6.45, 7) is 7.83. The average molecular weight is 503 g/mol. The van der Waals surface area contributed by atoms with Crippen LogP contribution in [0.1, 0.15) is 24.4 Å². The molecular weight excluding hydrogens is 475 g/mol. The Kier molecular flexibility index (Phi) is 7.11. The standard InChI is InChI=1S/C28H28ClFN6/c1-18(33-27-16-26(34-19(2)35-27)22-6-8-24(29)25(30)15-22)20-4-3-5-21(14-20)23-7-9-28(32-17-23)36-12-10-31-11-13-36/h3-9,14-18,31H,10-13H2,1-2H3,(H,33,34,35). The van der Waals surface area contributed by atoms with Crippen molar-refractivity contribution in [2.75, 3.05) is 36.4 Å². The van der Waals surface area contributed by atoms with Gasteiger partial charge in [0.2, 0.25) is 0 Å². The van der Waals surface area contributed by atoms with Gasteiger partial charge in [0.05, 0.1) is 10.7 Å². The molecule has 0 bridgehead atoms. The van der Waals surface area contributed by atoms with E-state index in [1.165, 1.54) is 12.1 Å². The first-order valence-corrected chi connectivity index (χ1v) is 12.4. The zero-order chi connectivity index (χ0) is 25.1. The summed E-state index contributed by atoms with van der Waals surface area (Å²) in [7, 11) is 0. The highest BCUT2D eigenvalue weighted by Gasteiger charge is 2.13. The number of nitrogens with one attached hydrogen (secondary N) is 2. The smallest absolute Gasteiger partial charge is 0.142 e. The number of aromatic nitrogens is 3. The van der Waals surface area contributed by atoms with Crippen LogP contribution in [0.15, 0.2) is 66.9 Å². The number of pyridine rings is 1. The molecule has 184 valence electrons. The Bertz CT molecular complexity index is 1350. The van der Waals surface area contributed by atoms with Crippen LogP contribution < -0.4 is 15.5 Å². The molecule has 5 rings (SSSR count). The van der Waals surface area contributed by atoms with Gasteiger partial charge in [-0.05, 0) is 55.3 Å². The van der Waals surface area contributed by atoms with Crippen LogP contribution in [0.25, 0.3) is 22.4 Å². The van der Waals surface area contributed by atoms with Crippen molar-refractivity contribution in [3.05, 3.63) is 89.1 Å². The van der Waals surface area contributed by atoms with E-state index in [9.17, 15) is 4.39 Å². The van der Waals surface area contributed by atoms with Gasteiger partial charge in [0.15, 0.2) is 0 Å². The van der Waals surface area contributed by atoms with Crippen LogP contribution in [-0.2, 0) is 0 Å². The van der Waals surface area contributed by atoms with Crippen molar-refractivity contribution in [2.45, 2.75) is 19.9 Å². The molecule has 3 heterocycles. The van der Waals surface area contributed by atoms with Crippen LogP contribution in [0, 0.1) is 12.7 Å². The maximum atomic E-state index is 14.0. The molecule has 1 aliphatic rings. The van der Waals surface area contributed by atoms with Crippen molar-refractivity contribution in [2.24, 2.45) is 0 Å². The number of aryl methyl sites for hydroxylation is 1. The summed E-state index contributed by atoms with van der Waals surface area (Å²) < 4.78 is 14.0. The minimum absolute atomic E-state index is 0.0119. The van der Waals surface area contributed by atoms with E-state index in [4.69, 9.17) is 16.6 Å². The summed E-state index contributed by atoms with van der Waals surface area (Å²) in [5.41, 5.74) is 4.59. The number of hydrogen-bond donors (Lipinski definition) is 2. The quantitative estimate of drug-likeness (QED) is 0.343. The Morgan fingerprint density at radius 3 is 2.53 bits per heavy atom. The number of benzene rings is 2. The van der Waals surface area contributed by atoms with Crippen molar-refractivity contribution in [1.82, 2.24) is 20.3 Å². The topological polar surface area (TPSA) is 66.0 Å². The maximum Gasteiger partial charge on any atom is 0.142 e. The molecule has 0 radical (unpaired) electrons. The van der Waals surface area contributed by atoms with Crippen LogP contribution in [0.5, 0.6) is 0 Å². The molecule has 1 aliphatic heterocycles. The van der Waals surface area contributed by atoms with Crippen molar-refractivity contribution >= 4 is 23.2 Å². The highest BCUT2D eigenvalue weighted by Crippen LogP contribution is 2.28. The van der Waals surface area contributed by atoms with Crippen LogP contribution in [0.3, 0.4) is 0 Å². The molecule has 1 unspecified atom stereocenters. The number of nitrogens with zero attached hydrogens (tertiary/aromatic N) is 4. The molecule has 0 amide bonds. The van der Waals surface area contributed by atoms with Gasteiger partial charge in [-0.2, -0.15) is 0 Å². The van der Waals surface area contributed by atoms with E-state index in [0.717, 1.165) is 48.7 Å². The minimum atomic E-state index is -0.472. The van der Waals surface area contributed by atoms with Gasteiger partial charge < -0.3 is 15.5 Å². The molecule has 6 nitrogen and oxygen atoms in total. The highest BCUT2D eigenvalue weighted by molar-refractivity contribution is 6.30. The van der Waals surface area contributed by atoms with Crippen molar-refractivity contribution < 1.29 is 4.39 Å². The molecule has 1 saturated heterocycles. The summed E-state index contributed by atoms with van der Waals surface area (Å²) in [6, 6.07) is 19.1. The fourth-order valence-corrected chi connectivity index (χ4v) is 4.49. The molecule has 2 aromatic heterocycles. The van der Waals surface area contributed by atoms with Gasteiger partial charge in [-0.1, -0.05) is 35.9 Å². The number of hydrogen-bond acceptors (Lipinski definition) is 6. The lowest BCUT2D eigenvalue weighted by Gasteiger charge is -2.28. The molecule has 2 aromatic carbocycles. The molecule has 1 atom stereocenters. The summed E-state index contributed by atoms with van der Waals surface area (Å²) in [6.07, 6.45) is 1.94. The first kappa shape index (κ1) is 24.2. The third-order valence-electron chi connectivity index (χ3n) is 6.33. The molecule has 0 saturated carbocycles. The fraction of sp³-hybridized carbons (Fsp3) is 0.250. The van der Waals surface area contributed by atoms with Gasteiger partial charge in [0.25, 0.3) is 0 Å². The van der Waals surface area contributed by atoms with Crippen molar-refractivity contribution in [3.8, 4) is 22.4 Å². The second kappa shape index (κ2) is 10.6. The largest absolute Gasteiger partial charge is 0.363 e. The molecule has 2 N–H and O–H groups in total. The van der Waals surface area contributed by atoms with E-state index in [1.807, 2.05) is 19.2 Å². The van der Waals surface area contributed by atoms with Gasteiger partial charge in [-0.25, -0.2) is 19.3 Å². The molecule has 0 aliphatic carbocycles. The molecule has 8 heteroatoms. The highest BCUT2D eigenvalue weighted by atomic mass is 35.5. The summed E-state index contributed by atoms with van der Waals surface area (Å²) in [5.74, 6) is 1.82. The second-order valence-electron chi connectivity index (χ2n) is 8.95. The lowest BCUT2D eigenvalue weighted by Crippen LogP contribution is -2.43. The van der Waals surface area contributed by atoms with E-state index in [-0.39, 0.29) is 11.1 Å².